The van der Waals surface area contributed by atoms with Crippen LogP contribution in [0.2, 0.25) is 0 Å². The lowest BCUT2D eigenvalue weighted by molar-refractivity contribution is -0.139. The van der Waals surface area contributed by atoms with Gasteiger partial charge in [0.15, 0.2) is 6.61 Å². The number of nitrogens with one attached hydrogen (secondary N) is 1. The number of fused-ring (bicyclic) bond motifs is 1. The predicted molar refractivity (Wildman–Crippen MR) is 118 cm³/mol. The van der Waals surface area contributed by atoms with Crippen molar-refractivity contribution in [2.24, 2.45) is 0 Å². The standard InChI is InChI=1S/C22H22N2O8S/c1-14-12-15(6-7-17(14)31-13-19(25)26)33(28,29)23-20-16-4-2-3-5-18(16)32-21(20)22(27)24-8-10-30-11-9-24/h2-7,12,23H,8-11,13H2,1H3,(H,25,26). The molecule has 11 heteroatoms. The fraction of sp³-hybridized carbons (Fsp3) is 0.273. The van der Waals surface area contributed by atoms with Crippen molar-refractivity contribution in [3.05, 3.63) is 53.8 Å². The van der Waals surface area contributed by atoms with Gasteiger partial charge < -0.3 is 23.9 Å². The van der Waals surface area contributed by atoms with Crippen LogP contribution >= 0.6 is 0 Å². The van der Waals surface area contributed by atoms with E-state index in [9.17, 15) is 18.0 Å². The molecule has 4 rings (SSSR count). The van der Waals surface area contributed by atoms with E-state index < -0.39 is 28.5 Å². The summed E-state index contributed by atoms with van der Waals surface area (Å²) in [5.74, 6) is -1.41. The maximum atomic E-state index is 13.2. The summed E-state index contributed by atoms with van der Waals surface area (Å²) in [5, 5.41) is 9.22. The SMILES string of the molecule is Cc1cc(S(=O)(=O)Nc2c(C(=O)N3CCOCC3)oc3ccccc23)ccc1OCC(=O)O. The Bertz CT molecular complexity index is 1310. The third-order valence-corrected chi connectivity index (χ3v) is 6.48. The number of benzene rings is 2. The molecule has 0 spiro atoms. The highest BCUT2D eigenvalue weighted by atomic mass is 32.2. The topological polar surface area (TPSA) is 135 Å². The number of nitrogens with zero attached hydrogens (tertiary/aromatic N) is 1. The van der Waals surface area contributed by atoms with Crippen molar-refractivity contribution in [1.29, 1.82) is 0 Å². The summed E-state index contributed by atoms with van der Waals surface area (Å²) in [5.41, 5.74) is 0.882. The van der Waals surface area contributed by atoms with E-state index in [1.807, 2.05) is 0 Å². The van der Waals surface area contributed by atoms with Crippen LogP contribution in [0.15, 0.2) is 51.8 Å². The van der Waals surface area contributed by atoms with Gasteiger partial charge in [-0.05, 0) is 42.8 Å². The van der Waals surface area contributed by atoms with Crippen LogP contribution in [0.4, 0.5) is 5.69 Å². The Labute approximate surface area is 189 Å². The number of rotatable bonds is 7. The minimum Gasteiger partial charge on any atom is -0.482 e. The smallest absolute Gasteiger partial charge is 0.341 e. The van der Waals surface area contributed by atoms with Crippen molar-refractivity contribution in [1.82, 2.24) is 4.90 Å². The van der Waals surface area contributed by atoms with Gasteiger partial charge in [-0.1, -0.05) is 12.1 Å². The van der Waals surface area contributed by atoms with Gasteiger partial charge >= 0.3 is 5.97 Å². The van der Waals surface area contributed by atoms with Crippen LogP contribution in [0.1, 0.15) is 16.1 Å². The lowest BCUT2D eigenvalue weighted by atomic mass is 10.2. The third-order valence-electron chi connectivity index (χ3n) is 5.13. The van der Waals surface area contributed by atoms with Crippen LogP contribution in [0.5, 0.6) is 5.75 Å². The van der Waals surface area contributed by atoms with E-state index in [0.717, 1.165) is 0 Å². The Morgan fingerprint density at radius 1 is 1.15 bits per heavy atom. The van der Waals surface area contributed by atoms with Crippen molar-refractivity contribution >= 4 is 38.6 Å². The highest BCUT2D eigenvalue weighted by molar-refractivity contribution is 7.92. The van der Waals surface area contributed by atoms with E-state index in [4.69, 9.17) is 19.0 Å². The molecule has 2 aromatic carbocycles. The molecule has 174 valence electrons. The van der Waals surface area contributed by atoms with Gasteiger partial charge in [-0.2, -0.15) is 0 Å². The first-order chi connectivity index (χ1) is 15.8. The second-order valence-electron chi connectivity index (χ2n) is 7.42. The van der Waals surface area contributed by atoms with Gasteiger partial charge in [-0.25, -0.2) is 13.2 Å². The first-order valence-electron chi connectivity index (χ1n) is 10.1. The van der Waals surface area contributed by atoms with E-state index in [1.54, 1.807) is 36.1 Å². The van der Waals surface area contributed by atoms with Gasteiger partial charge in [0.2, 0.25) is 5.76 Å². The molecule has 1 aromatic heterocycles. The summed E-state index contributed by atoms with van der Waals surface area (Å²) in [4.78, 5) is 25.3. The van der Waals surface area contributed by atoms with E-state index in [0.29, 0.717) is 42.8 Å². The van der Waals surface area contributed by atoms with Crippen molar-refractivity contribution < 1.29 is 37.0 Å². The highest BCUT2D eigenvalue weighted by Crippen LogP contribution is 2.34. The largest absolute Gasteiger partial charge is 0.482 e. The Hall–Kier alpha value is -3.57. The van der Waals surface area contributed by atoms with Crippen molar-refractivity contribution in [3.8, 4) is 5.75 Å². The zero-order chi connectivity index (χ0) is 23.6. The number of hydrogen-bond acceptors (Lipinski definition) is 7. The highest BCUT2D eigenvalue weighted by Gasteiger charge is 2.29. The fourth-order valence-electron chi connectivity index (χ4n) is 3.49. The van der Waals surface area contributed by atoms with Gasteiger partial charge in [0.25, 0.3) is 15.9 Å². The maximum Gasteiger partial charge on any atom is 0.341 e. The molecular weight excluding hydrogens is 452 g/mol. The number of carboxylic acids is 1. The summed E-state index contributed by atoms with van der Waals surface area (Å²) in [6, 6.07) is 10.8. The van der Waals surface area contributed by atoms with Crippen LogP contribution in [0, 0.1) is 6.92 Å². The molecule has 0 unspecified atom stereocenters. The molecule has 1 aliphatic rings. The van der Waals surface area contributed by atoms with Crippen molar-refractivity contribution in [2.75, 3.05) is 37.6 Å². The molecule has 1 amide bonds. The van der Waals surface area contributed by atoms with E-state index in [-0.39, 0.29) is 22.1 Å². The van der Waals surface area contributed by atoms with Gasteiger partial charge in [0, 0.05) is 18.5 Å². The number of morpholine rings is 1. The zero-order valence-electron chi connectivity index (χ0n) is 17.7. The Morgan fingerprint density at radius 3 is 2.58 bits per heavy atom. The molecule has 0 aliphatic carbocycles. The van der Waals surface area contributed by atoms with Gasteiger partial charge in [-0.3, -0.25) is 9.52 Å². The minimum absolute atomic E-state index is 0.0611. The van der Waals surface area contributed by atoms with Crippen molar-refractivity contribution in [3.63, 3.8) is 0 Å². The normalized spacial score (nSPS) is 14.3. The molecule has 1 saturated heterocycles. The number of carboxylic acid groups (broad SMARTS) is 1. The number of para-hydroxylation sites is 1. The number of amides is 1. The molecule has 10 nitrogen and oxygen atoms in total. The first-order valence-corrected chi connectivity index (χ1v) is 11.6. The van der Waals surface area contributed by atoms with E-state index in [1.165, 1.54) is 18.2 Å². The number of aliphatic carboxylic acids is 1. The molecule has 0 bridgehead atoms. The van der Waals surface area contributed by atoms with Crippen LogP contribution in [-0.4, -0.2) is 63.2 Å². The number of carbonyl (C=O) groups is 2. The molecule has 3 aromatic rings. The Morgan fingerprint density at radius 2 is 1.88 bits per heavy atom. The molecule has 1 fully saturated rings. The molecule has 0 saturated carbocycles. The monoisotopic (exact) mass is 474 g/mol. The lowest BCUT2D eigenvalue weighted by Gasteiger charge is -2.26. The zero-order valence-corrected chi connectivity index (χ0v) is 18.6. The molecule has 2 N–H and O–H groups in total. The average Bonchev–Trinajstić information content (AvgIpc) is 3.16. The second-order valence-corrected chi connectivity index (χ2v) is 9.10. The summed E-state index contributed by atoms with van der Waals surface area (Å²) in [6.07, 6.45) is 0. The van der Waals surface area contributed by atoms with Crippen LogP contribution < -0.4 is 9.46 Å². The second kappa shape index (κ2) is 9.12. The average molecular weight is 474 g/mol. The number of sulfonamides is 1. The number of carbonyl (C=O) groups excluding carboxylic acids is 1. The molecule has 2 heterocycles. The quantitative estimate of drug-likeness (QED) is 0.533. The van der Waals surface area contributed by atoms with Crippen molar-refractivity contribution in [2.45, 2.75) is 11.8 Å². The Balaban J connectivity index is 1.68. The van der Waals surface area contributed by atoms with Gasteiger partial charge in [0.05, 0.1) is 18.1 Å². The summed E-state index contributed by atoms with van der Waals surface area (Å²) >= 11 is 0. The van der Waals surface area contributed by atoms with E-state index in [2.05, 4.69) is 4.72 Å². The van der Waals surface area contributed by atoms with Crippen LogP contribution in [-0.2, 0) is 19.6 Å². The minimum atomic E-state index is -4.11. The number of aryl methyl sites for hydroxylation is 1. The fourth-order valence-corrected chi connectivity index (χ4v) is 4.66. The summed E-state index contributed by atoms with van der Waals surface area (Å²) in [7, 11) is -4.11. The number of hydrogen-bond donors (Lipinski definition) is 2. The van der Waals surface area contributed by atoms with Gasteiger partial charge in [-0.15, -0.1) is 0 Å². The molecule has 33 heavy (non-hydrogen) atoms. The Kier molecular flexibility index (Phi) is 6.25. The maximum absolute atomic E-state index is 13.2. The predicted octanol–water partition coefficient (Wildman–Crippen LogP) is 2.48. The number of anilines is 1. The van der Waals surface area contributed by atoms with Crippen LogP contribution in [0.3, 0.4) is 0 Å². The molecule has 0 radical (unpaired) electrons. The third kappa shape index (κ3) is 4.78. The number of furan rings is 1. The summed E-state index contributed by atoms with van der Waals surface area (Å²) < 4.78 is 45.1. The summed E-state index contributed by atoms with van der Waals surface area (Å²) in [6.45, 7) is 2.60. The van der Waals surface area contributed by atoms with Gasteiger partial charge in [0.1, 0.15) is 17.0 Å². The number of ether oxygens (including phenoxy) is 2. The molecule has 0 atom stereocenters. The van der Waals surface area contributed by atoms with E-state index >= 15 is 0 Å². The van der Waals surface area contributed by atoms with Crippen LogP contribution in [0.25, 0.3) is 11.0 Å². The lowest BCUT2D eigenvalue weighted by Crippen LogP contribution is -2.40. The first kappa shape index (κ1) is 22.6. The molecule has 1 aliphatic heterocycles. The molecular formula is C22H22N2O8S.